The standard InChI is InChI=1S/C18H21N3O3/c1-11(10-21-9-5-8-15(21)22)19-18(24)17(23)16-12(2)20-14-7-4-3-6-13(14)16/h3-4,6-7,11,20H,5,8-10H2,1-2H3,(H,19,24)/t11-/m0/s1. The van der Waals surface area contributed by atoms with E-state index in [9.17, 15) is 14.4 Å². The van der Waals surface area contributed by atoms with Gasteiger partial charge in [0.05, 0.1) is 5.56 Å². The van der Waals surface area contributed by atoms with Crippen molar-refractivity contribution in [1.82, 2.24) is 15.2 Å². The number of rotatable bonds is 5. The number of nitrogens with zero attached hydrogens (tertiary/aromatic N) is 1. The van der Waals surface area contributed by atoms with Gasteiger partial charge in [-0.2, -0.15) is 0 Å². The Morgan fingerprint density at radius 2 is 2.08 bits per heavy atom. The number of aromatic amines is 1. The fourth-order valence-corrected chi connectivity index (χ4v) is 3.25. The highest BCUT2D eigenvalue weighted by molar-refractivity contribution is 6.45. The van der Waals surface area contributed by atoms with Crippen molar-refractivity contribution in [1.29, 1.82) is 0 Å². The molecule has 1 saturated heterocycles. The molecule has 0 spiro atoms. The van der Waals surface area contributed by atoms with Crippen molar-refractivity contribution < 1.29 is 14.4 Å². The van der Waals surface area contributed by atoms with Crippen LogP contribution >= 0.6 is 0 Å². The molecule has 2 N–H and O–H groups in total. The fourth-order valence-electron chi connectivity index (χ4n) is 3.25. The highest BCUT2D eigenvalue weighted by atomic mass is 16.2. The zero-order chi connectivity index (χ0) is 17.3. The van der Waals surface area contributed by atoms with Crippen LogP contribution in [0.15, 0.2) is 24.3 Å². The molecular formula is C18H21N3O3. The highest BCUT2D eigenvalue weighted by Gasteiger charge is 2.26. The van der Waals surface area contributed by atoms with Crippen LogP contribution in [0.4, 0.5) is 0 Å². The second-order valence-electron chi connectivity index (χ2n) is 6.32. The zero-order valence-corrected chi connectivity index (χ0v) is 13.9. The van der Waals surface area contributed by atoms with Crippen LogP contribution in [-0.2, 0) is 9.59 Å². The molecule has 1 aliphatic heterocycles. The Morgan fingerprint density at radius 1 is 1.33 bits per heavy atom. The third kappa shape index (κ3) is 3.04. The Hall–Kier alpha value is -2.63. The van der Waals surface area contributed by atoms with Gasteiger partial charge in [0.15, 0.2) is 0 Å². The SMILES string of the molecule is Cc1[nH]c2ccccc2c1C(=O)C(=O)N[C@@H](C)CN1CCCC1=O. The normalized spacial score (nSPS) is 15.8. The van der Waals surface area contributed by atoms with Crippen molar-refractivity contribution in [2.75, 3.05) is 13.1 Å². The summed E-state index contributed by atoms with van der Waals surface area (Å²) in [5.41, 5.74) is 1.92. The number of carbonyl (C=O) groups is 3. The minimum Gasteiger partial charge on any atom is -0.358 e. The molecule has 6 heteroatoms. The van der Waals surface area contributed by atoms with E-state index < -0.39 is 11.7 Å². The first-order valence-corrected chi connectivity index (χ1v) is 8.17. The van der Waals surface area contributed by atoms with Gasteiger partial charge in [0.25, 0.3) is 11.7 Å². The predicted molar refractivity (Wildman–Crippen MR) is 90.8 cm³/mol. The molecule has 0 radical (unpaired) electrons. The minimum atomic E-state index is -0.637. The van der Waals surface area contributed by atoms with E-state index in [2.05, 4.69) is 10.3 Å². The average molecular weight is 327 g/mol. The Labute approximate surface area is 140 Å². The maximum Gasteiger partial charge on any atom is 0.292 e. The van der Waals surface area contributed by atoms with E-state index in [4.69, 9.17) is 0 Å². The molecule has 2 heterocycles. The second kappa shape index (κ2) is 6.47. The molecule has 1 atom stereocenters. The zero-order valence-electron chi connectivity index (χ0n) is 13.9. The third-order valence-electron chi connectivity index (χ3n) is 4.37. The van der Waals surface area contributed by atoms with Gasteiger partial charge in [0.1, 0.15) is 0 Å². The number of ketones is 1. The van der Waals surface area contributed by atoms with E-state index in [1.165, 1.54) is 0 Å². The topological polar surface area (TPSA) is 82.3 Å². The molecular weight excluding hydrogens is 306 g/mol. The summed E-state index contributed by atoms with van der Waals surface area (Å²) in [6.07, 6.45) is 1.42. The first kappa shape index (κ1) is 16.2. The van der Waals surface area contributed by atoms with Gasteiger partial charge in [-0.3, -0.25) is 14.4 Å². The molecule has 2 amide bonds. The Balaban J connectivity index is 1.71. The van der Waals surface area contributed by atoms with Gasteiger partial charge in [-0.15, -0.1) is 0 Å². The van der Waals surface area contributed by atoms with Crippen molar-refractivity contribution in [3.8, 4) is 0 Å². The highest BCUT2D eigenvalue weighted by Crippen LogP contribution is 2.22. The molecule has 24 heavy (non-hydrogen) atoms. The number of para-hydroxylation sites is 1. The summed E-state index contributed by atoms with van der Waals surface area (Å²) in [5, 5.41) is 3.46. The number of aryl methyl sites for hydroxylation is 1. The van der Waals surface area contributed by atoms with Crippen molar-refractivity contribution in [3.05, 3.63) is 35.5 Å². The quantitative estimate of drug-likeness (QED) is 0.649. The second-order valence-corrected chi connectivity index (χ2v) is 6.32. The summed E-state index contributed by atoms with van der Waals surface area (Å²) in [4.78, 5) is 41.4. The number of amides is 2. The number of H-pyrrole nitrogens is 1. The van der Waals surface area contributed by atoms with Gasteiger partial charge >= 0.3 is 0 Å². The number of hydrogen-bond acceptors (Lipinski definition) is 3. The molecule has 1 fully saturated rings. The number of Topliss-reactive ketones (excluding diaryl/α,β-unsaturated/α-hetero) is 1. The number of nitrogens with one attached hydrogen (secondary N) is 2. The molecule has 6 nitrogen and oxygen atoms in total. The van der Waals surface area contributed by atoms with E-state index in [-0.39, 0.29) is 11.9 Å². The van der Waals surface area contributed by atoms with Crippen LogP contribution in [0, 0.1) is 6.92 Å². The maximum absolute atomic E-state index is 12.6. The molecule has 2 aromatic rings. The number of benzene rings is 1. The molecule has 3 rings (SSSR count). The van der Waals surface area contributed by atoms with Crippen LogP contribution in [0.25, 0.3) is 10.9 Å². The molecule has 126 valence electrons. The molecule has 1 aromatic carbocycles. The van der Waals surface area contributed by atoms with Crippen LogP contribution in [0.1, 0.15) is 35.8 Å². The van der Waals surface area contributed by atoms with Crippen molar-refractivity contribution in [2.24, 2.45) is 0 Å². The number of carbonyl (C=O) groups excluding carboxylic acids is 3. The van der Waals surface area contributed by atoms with E-state index >= 15 is 0 Å². The van der Waals surface area contributed by atoms with Crippen LogP contribution in [0.3, 0.4) is 0 Å². The van der Waals surface area contributed by atoms with Crippen LogP contribution in [0.2, 0.25) is 0 Å². The van der Waals surface area contributed by atoms with Crippen molar-refractivity contribution in [3.63, 3.8) is 0 Å². The fraction of sp³-hybridized carbons (Fsp3) is 0.389. The van der Waals surface area contributed by atoms with Gasteiger partial charge in [-0.25, -0.2) is 0 Å². The Bertz CT molecular complexity index is 809. The summed E-state index contributed by atoms with van der Waals surface area (Å²) >= 11 is 0. The van der Waals surface area contributed by atoms with Crippen molar-refractivity contribution >= 4 is 28.5 Å². The lowest BCUT2D eigenvalue weighted by Crippen LogP contribution is -2.44. The van der Waals surface area contributed by atoms with E-state index in [0.717, 1.165) is 17.3 Å². The smallest absolute Gasteiger partial charge is 0.292 e. The number of likely N-dealkylation sites (tertiary alicyclic amines) is 1. The van der Waals surface area contributed by atoms with Crippen LogP contribution in [-0.4, -0.2) is 46.6 Å². The number of hydrogen-bond donors (Lipinski definition) is 2. The van der Waals surface area contributed by atoms with Gasteiger partial charge in [-0.05, 0) is 26.3 Å². The summed E-state index contributed by atoms with van der Waals surface area (Å²) in [6, 6.07) is 7.15. The first-order valence-electron chi connectivity index (χ1n) is 8.17. The van der Waals surface area contributed by atoms with E-state index in [1.807, 2.05) is 24.3 Å². The lowest BCUT2D eigenvalue weighted by atomic mass is 10.1. The Kier molecular flexibility index (Phi) is 4.38. The molecule has 0 bridgehead atoms. The molecule has 0 unspecified atom stereocenters. The molecule has 1 aliphatic rings. The largest absolute Gasteiger partial charge is 0.358 e. The van der Waals surface area contributed by atoms with Crippen molar-refractivity contribution in [2.45, 2.75) is 32.7 Å². The predicted octanol–water partition coefficient (Wildman–Crippen LogP) is 1.79. The molecule has 1 aromatic heterocycles. The summed E-state index contributed by atoms with van der Waals surface area (Å²) in [5.74, 6) is -1.08. The van der Waals surface area contributed by atoms with Crippen LogP contribution < -0.4 is 5.32 Å². The monoisotopic (exact) mass is 327 g/mol. The average Bonchev–Trinajstić information content (AvgIpc) is 3.09. The van der Waals surface area contributed by atoms with Crippen LogP contribution in [0.5, 0.6) is 0 Å². The minimum absolute atomic E-state index is 0.106. The summed E-state index contributed by atoms with van der Waals surface area (Å²) in [7, 11) is 0. The first-order chi connectivity index (χ1) is 11.5. The third-order valence-corrected chi connectivity index (χ3v) is 4.37. The molecule has 0 aliphatic carbocycles. The maximum atomic E-state index is 12.6. The van der Waals surface area contributed by atoms with E-state index in [1.54, 1.807) is 18.7 Å². The van der Waals surface area contributed by atoms with Gasteiger partial charge in [0, 0.05) is 42.1 Å². The summed E-state index contributed by atoms with van der Waals surface area (Å²) < 4.78 is 0. The lowest BCUT2D eigenvalue weighted by Gasteiger charge is -2.21. The van der Waals surface area contributed by atoms with E-state index in [0.29, 0.717) is 30.8 Å². The molecule has 0 saturated carbocycles. The lowest BCUT2D eigenvalue weighted by molar-refractivity contribution is -0.128. The number of aromatic nitrogens is 1. The van der Waals surface area contributed by atoms with Gasteiger partial charge in [-0.1, -0.05) is 18.2 Å². The Morgan fingerprint density at radius 3 is 2.79 bits per heavy atom. The van der Waals surface area contributed by atoms with Gasteiger partial charge in [0.2, 0.25) is 5.91 Å². The van der Waals surface area contributed by atoms with Gasteiger partial charge < -0.3 is 15.2 Å². The summed E-state index contributed by atoms with van der Waals surface area (Å²) in [6.45, 7) is 4.74. The number of fused-ring (bicyclic) bond motifs is 1.